The zero-order valence-corrected chi connectivity index (χ0v) is 33.2. The van der Waals surface area contributed by atoms with Gasteiger partial charge in [0.05, 0.1) is 13.2 Å². The number of carbonyl (C=O) groups excluding carboxylic acids is 1. The third-order valence-electron chi connectivity index (χ3n) is 10.1. The van der Waals surface area contributed by atoms with Gasteiger partial charge in [0.25, 0.3) is 0 Å². The lowest BCUT2D eigenvalue weighted by atomic mass is 10.0. The average molecular weight is 677 g/mol. The fourth-order valence-electron chi connectivity index (χ4n) is 6.77. The number of rotatable bonds is 41. The van der Waals surface area contributed by atoms with Crippen LogP contribution in [0.15, 0.2) is 12.2 Å². The fourth-order valence-corrected chi connectivity index (χ4v) is 6.77. The Bertz CT molecular complexity index is 615. The van der Waals surface area contributed by atoms with Crippen LogP contribution < -0.4 is 0 Å². The van der Waals surface area contributed by atoms with Crippen LogP contribution in [0.1, 0.15) is 258 Å². The van der Waals surface area contributed by atoms with Crippen LogP contribution in [0.25, 0.3) is 0 Å². The van der Waals surface area contributed by atoms with Gasteiger partial charge in [-0.1, -0.05) is 231 Å². The minimum atomic E-state index is -0.471. The Balaban J connectivity index is 3.17. The summed E-state index contributed by atoms with van der Waals surface area (Å²) in [5, 5.41) is 0. The summed E-state index contributed by atoms with van der Waals surface area (Å²) in [6.07, 6.45) is 55.8. The van der Waals surface area contributed by atoms with Crippen molar-refractivity contribution in [1.82, 2.24) is 0 Å². The lowest BCUT2D eigenvalue weighted by Crippen LogP contribution is -2.09. The van der Waals surface area contributed by atoms with E-state index < -0.39 is 6.16 Å². The predicted molar refractivity (Wildman–Crippen MR) is 213 cm³/mol. The van der Waals surface area contributed by atoms with E-state index in [0.29, 0.717) is 13.2 Å². The van der Waals surface area contributed by atoms with Crippen molar-refractivity contribution in [2.75, 3.05) is 13.2 Å². The first-order valence-corrected chi connectivity index (χ1v) is 22.3. The van der Waals surface area contributed by atoms with E-state index in [2.05, 4.69) is 26.0 Å². The number of hydrogen-bond donors (Lipinski definition) is 0. The summed E-state index contributed by atoms with van der Waals surface area (Å²) < 4.78 is 10.5. The molecule has 3 nitrogen and oxygen atoms in total. The molecule has 286 valence electrons. The normalized spacial score (nSPS) is 11.5. The van der Waals surface area contributed by atoms with E-state index in [4.69, 9.17) is 9.47 Å². The van der Waals surface area contributed by atoms with Gasteiger partial charge in [-0.3, -0.25) is 0 Å². The van der Waals surface area contributed by atoms with Gasteiger partial charge in [0, 0.05) is 0 Å². The Morgan fingerprint density at radius 3 is 0.771 bits per heavy atom. The topological polar surface area (TPSA) is 35.5 Å². The maximum atomic E-state index is 11.8. The molecule has 0 aromatic heterocycles. The van der Waals surface area contributed by atoms with Crippen LogP contribution in [-0.4, -0.2) is 19.4 Å². The maximum Gasteiger partial charge on any atom is 0.508 e. The molecule has 3 heteroatoms. The Morgan fingerprint density at radius 1 is 0.312 bits per heavy atom. The molecule has 0 aliphatic carbocycles. The van der Waals surface area contributed by atoms with Crippen molar-refractivity contribution in [3.8, 4) is 0 Å². The van der Waals surface area contributed by atoms with Crippen LogP contribution in [0.5, 0.6) is 0 Å². The Labute approximate surface area is 302 Å². The second-order valence-electron chi connectivity index (χ2n) is 15.0. The third kappa shape index (κ3) is 43.0. The van der Waals surface area contributed by atoms with Gasteiger partial charge in [0.2, 0.25) is 0 Å². The molecule has 48 heavy (non-hydrogen) atoms. The lowest BCUT2D eigenvalue weighted by Gasteiger charge is -2.07. The molecule has 0 rings (SSSR count). The minimum Gasteiger partial charge on any atom is -0.434 e. The van der Waals surface area contributed by atoms with Gasteiger partial charge in [-0.05, 0) is 38.5 Å². The van der Waals surface area contributed by atoms with Gasteiger partial charge >= 0.3 is 6.16 Å². The maximum absolute atomic E-state index is 11.8. The molecular formula is C45H88O3. The molecule has 0 fully saturated rings. The molecule has 0 saturated heterocycles. The second kappa shape index (κ2) is 44.0. The Hall–Kier alpha value is -0.990. The Kier molecular flexibility index (Phi) is 43.1. The number of ether oxygens (including phenoxy) is 2. The van der Waals surface area contributed by atoms with E-state index in [0.717, 1.165) is 25.7 Å². The summed E-state index contributed by atoms with van der Waals surface area (Å²) in [6.45, 7) is 5.59. The fraction of sp³-hybridized carbons (Fsp3) is 0.933. The molecule has 0 aromatic carbocycles. The summed E-state index contributed by atoms with van der Waals surface area (Å²) in [4.78, 5) is 11.8. The molecule has 0 heterocycles. The molecule has 0 unspecified atom stereocenters. The smallest absolute Gasteiger partial charge is 0.434 e. The first-order valence-electron chi connectivity index (χ1n) is 22.3. The largest absolute Gasteiger partial charge is 0.508 e. The highest BCUT2D eigenvalue weighted by molar-refractivity contribution is 5.59. The monoisotopic (exact) mass is 677 g/mol. The number of hydrogen-bond acceptors (Lipinski definition) is 3. The van der Waals surface area contributed by atoms with Gasteiger partial charge in [-0.2, -0.15) is 0 Å². The highest BCUT2D eigenvalue weighted by Gasteiger charge is 2.03. The van der Waals surface area contributed by atoms with E-state index in [9.17, 15) is 4.79 Å². The highest BCUT2D eigenvalue weighted by Crippen LogP contribution is 2.16. The molecule has 0 saturated carbocycles. The molecule has 0 spiro atoms. The summed E-state index contributed by atoms with van der Waals surface area (Å²) in [7, 11) is 0. The standard InChI is InChI=1S/C45H88O3/c1-3-5-7-9-11-13-15-17-19-21-23-25-27-29-31-33-35-37-39-41-43-47-45(46)48-44-42-40-38-36-34-32-30-28-26-24-22-20-18-16-14-12-10-8-6-4-2/h17,19H,3-16,18,20-44H2,1-2H3. The molecule has 0 aliphatic heterocycles. The van der Waals surface area contributed by atoms with Crippen molar-refractivity contribution in [2.24, 2.45) is 0 Å². The van der Waals surface area contributed by atoms with Gasteiger partial charge in [0.1, 0.15) is 0 Å². The van der Waals surface area contributed by atoms with E-state index in [1.54, 1.807) is 0 Å². The van der Waals surface area contributed by atoms with Crippen molar-refractivity contribution in [2.45, 2.75) is 258 Å². The molecule has 0 aromatic rings. The zero-order valence-electron chi connectivity index (χ0n) is 33.2. The summed E-state index contributed by atoms with van der Waals surface area (Å²) in [5.41, 5.74) is 0. The van der Waals surface area contributed by atoms with Gasteiger partial charge < -0.3 is 9.47 Å². The average Bonchev–Trinajstić information content (AvgIpc) is 3.09. The zero-order chi connectivity index (χ0) is 34.7. The van der Waals surface area contributed by atoms with Crippen molar-refractivity contribution < 1.29 is 14.3 Å². The van der Waals surface area contributed by atoms with Gasteiger partial charge in [0.15, 0.2) is 0 Å². The van der Waals surface area contributed by atoms with Crippen LogP contribution in [-0.2, 0) is 9.47 Å². The molecule has 0 amide bonds. The van der Waals surface area contributed by atoms with E-state index >= 15 is 0 Å². The van der Waals surface area contributed by atoms with Crippen molar-refractivity contribution in [1.29, 1.82) is 0 Å². The predicted octanol–water partition coefficient (Wildman–Crippen LogP) is 16.6. The van der Waals surface area contributed by atoms with Gasteiger partial charge in [-0.25, -0.2) is 4.79 Å². The van der Waals surface area contributed by atoms with E-state index in [1.807, 2.05) is 0 Å². The van der Waals surface area contributed by atoms with Crippen LogP contribution in [0.3, 0.4) is 0 Å². The third-order valence-corrected chi connectivity index (χ3v) is 10.1. The number of carbonyl (C=O) groups is 1. The van der Waals surface area contributed by atoms with Crippen LogP contribution in [0, 0.1) is 0 Å². The molecule has 0 radical (unpaired) electrons. The molecule has 0 N–H and O–H groups in total. The first-order chi connectivity index (χ1) is 23.8. The van der Waals surface area contributed by atoms with Crippen LogP contribution >= 0.6 is 0 Å². The summed E-state index contributed by atoms with van der Waals surface area (Å²) in [5.74, 6) is 0. The highest BCUT2D eigenvalue weighted by atomic mass is 16.7. The summed E-state index contributed by atoms with van der Waals surface area (Å²) in [6, 6.07) is 0. The van der Waals surface area contributed by atoms with Crippen LogP contribution in [0.2, 0.25) is 0 Å². The van der Waals surface area contributed by atoms with E-state index in [1.165, 1.54) is 218 Å². The summed E-state index contributed by atoms with van der Waals surface area (Å²) >= 11 is 0. The number of allylic oxidation sites excluding steroid dienone is 2. The second-order valence-corrected chi connectivity index (χ2v) is 15.0. The molecule has 0 atom stereocenters. The first kappa shape index (κ1) is 47.0. The molecule has 0 bridgehead atoms. The van der Waals surface area contributed by atoms with Crippen LogP contribution in [0.4, 0.5) is 4.79 Å². The van der Waals surface area contributed by atoms with E-state index in [-0.39, 0.29) is 0 Å². The quantitative estimate of drug-likeness (QED) is 0.0367. The minimum absolute atomic E-state index is 0.471. The van der Waals surface area contributed by atoms with Crippen molar-refractivity contribution >= 4 is 6.16 Å². The van der Waals surface area contributed by atoms with Crippen molar-refractivity contribution in [3.63, 3.8) is 0 Å². The Morgan fingerprint density at radius 2 is 0.521 bits per heavy atom. The van der Waals surface area contributed by atoms with Crippen molar-refractivity contribution in [3.05, 3.63) is 12.2 Å². The SMILES string of the molecule is CCCCCCCCC=CCCCCCCCCCCCCOC(=O)OCCCCCCCCCCCCCCCCCCCCCC. The molecular weight excluding hydrogens is 588 g/mol. The van der Waals surface area contributed by atoms with Gasteiger partial charge in [-0.15, -0.1) is 0 Å². The molecule has 0 aliphatic rings. The number of unbranched alkanes of at least 4 members (excludes halogenated alkanes) is 35. The lowest BCUT2D eigenvalue weighted by molar-refractivity contribution is 0.0529.